The lowest BCUT2D eigenvalue weighted by Gasteiger charge is -2.35. The molecule has 156 valence electrons. The van der Waals surface area contributed by atoms with Crippen LogP contribution in [0.4, 0.5) is 19.0 Å². The van der Waals surface area contributed by atoms with Gasteiger partial charge in [0.2, 0.25) is 0 Å². The Hall–Kier alpha value is -3.43. The first-order chi connectivity index (χ1) is 14.3. The van der Waals surface area contributed by atoms with Crippen LogP contribution in [0.5, 0.6) is 0 Å². The first kappa shape index (κ1) is 19.9. The topological polar surface area (TPSA) is 71.3 Å². The summed E-state index contributed by atoms with van der Waals surface area (Å²) in [7, 11) is 1.61. The number of aromatic nitrogens is 3. The Kier molecular flexibility index (Phi) is 4.92. The van der Waals surface area contributed by atoms with Gasteiger partial charge >= 0.3 is 6.18 Å². The van der Waals surface area contributed by atoms with E-state index >= 15 is 0 Å². The van der Waals surface area contributed by atoms with Gasteiger partial charge in [-0.25, -0.2) is 9.97 Å². The molecule has 1 fully saturated rings. The van der Waals surface area contributed by atoms with Crippen LogP contribution in [-0.2, 0) is 13.2 Å². The van der Waals surface area contributed by atoms with Gasteiger partial charge in [0.05, 0.1) is 11.1 Å². The van der Waals surface area contributed by atoms with Gasteiger partial charge in [0.15, 0.2) is 11.5 Å². The van der Waals surface area contributed by atoms with Gasteiger partial charge in [-0.15, -0.1) is 0 Å². The van der Waals surface area contributed by atoms with Crippen molar-refractivity contribution >= 4 is 22.9 Å². The van der Waals surface area contributed by atoms with Crippen molar-refractivity contribution in [2.45, 2.75) is 6.18 Å². The van der Waals surface area contributed by atoms with Crippen molar-refractivity contribution in [2.24, 2.45) is 7.05 Å². The fourth-order valence-corrected chi connectivity index (χ4v) is 3.56. The quantitative estimate of drug-likeness (QED) is 0.640. The summed E-state index contributed by atoms with van der Waals surface area (Å²) in [5.41, 5.74) is -0.612. The molecule has 0 aliphatic carbocycles. The Morgan fingerprint density at radius 1 is 1.03 bits per heavy atom. The summed E-state index contributed by atoms with van der Waals surface area (Å²) in [6, 6.07) is 8.23. The number of anilines is 1. The molecule has 0 saturated carbocycles. The molecule has 1 amide bonds. The Morgan fingerprint density at radius 2 is 1.73 bits per heavy atom. The third-order valence-corrected chi connectivity index (χ3v) is 5.14. The highest BCUT2D eigenvalue weighted by Gasteiger charge is 2.36. The number of carbonyl (C=O) groups is 1. The van der Waals surface area contributed by atoms with Crippen molar-refractivity contribution in [1.29, 1.82) is 0 Å². The second kappa shape index (κ2) is 7.43. The summed E-state index contributed by atoms with van der Waals surface area (Å²) in [6.45, 7) is 0.934. The van der Waals surface area contributed by atoms with Crippen LogP contribution in [0.1, 0.15) is 15.9 Å². The third-order valence-electron chi connectivity index (χ3n) is 5.14. The van der Waals surface area contributed by atoms with Crippen LogP contribution < -0.4 is 10.5 Å². The number of rotatable bonds is 2. The molecule has 10 heteroatoms. The largest absolute Gasteiger partial charge is 0.417 e. The van der Waals surface area contributed by atoms with Crippen LogP contribution in [0.3, 0.4) is 0 Å². The first-order valence-electron chi connectivity index (χ1n) is 9.29. The maximum absolute atomic E-state index is 13.2. The molecule has 7 nitrogen and oxygen atoms in total. The predicted molar refractivity (Wildman–Crippen MR) is 104 cm³/mol. The van der Waals surface area contributed by atoms with E-state index in [0.717, 1.165) is 6.07 Å². The van der Waals surface area contributed by atoms with E-state index in [4.69, 9.17) is 0 Å². The molecular weight excluding hydrogens is 399 g/mol. The standard InChI is InChI=1S/C20H18F3N5O2/c1-26-16-15(7-4-8-24-16)25-17(19(26)30)27-9-11-28(12-10-27)18(29)13-5-2-3-6-14(13)20(21,22)23/h2-8H,9-12H2,1H3. The highest BCUT2D eigenvalue weighted by atomic mass is 19.4. The Bertz CT molecular complexity index is 1170. The summed E-state index contributed by atoms with van der Waals surface area (Å²) in [6.07, 6.45) is -3.03. The number of fused-ring (bicyclic) bond motifs is 1. The predicted octanol–water partition coefficient (Wildman–Crippen LogP) is 2.31. The molecular formula is C20H18F3N5O2. The SMILES string of the molecule is Cn1c(=O)c(N2CCN(C(=O)c3ccccc3C(F)(F)F)CC2)nc2cccnc21. The van der Waals surface area contributed by atoms with Crippen molar-refractivity contribution < 1.29 is 18.0 Å². The molecule has 2 aromatic heterocycles. The molecule has 1 aliphatic heterocycles. The number of hydrogen-bond acceptors (Lipinski definition) is 5. The van der Waals surface area contributed by atoms with Crippen molar-refractivity contribution in [1.82, 2.24) is 19.4 Å². The highest BCUT2D eigenvalue weighted by Crippen LogP contribution is 2.32. The van der Waals surface area contributed by atoms with Crippen molar-refractivity contribution in [2.75, 3.05) is 31.1 Å². The van der Waals surface area contributed by atoms with E-state index in [9.17, 15) is 22.8 Å². The number of halogens is 3. The molecule has 30 heavy (non-hydrogen) atoms. The average Bonchev–Trinajstić information content (AvgIpc) is 2.75. The highest BCUT2D eigenvalue weighted by molar-refractivity contribution is 5.96. The van der Waals surface area contributed by atoms with E-state index in [-0.39, 0.29) is 43.1 Å². The number of benzene rings is 1. The maximum Gasteiger partial charge on any atom is 0.417 e. The van der Waals surface area contributed by atoms with Crippen LogP contribution in [0.15, 0.2) is 47.4 Å². The van der Waals surface area contributed by atoms with Gasteiger partial charge in [-0.3, -0.25) is 14.2 Å². The van der Waals surface area contributed by atoms with Crippen LogP contribution in [0, 0.1) is 0 Å². The van der Waals surface area contributed by atoms with Gasteiger partial charge in [-0.05, 0) is 24.3 Å². The van der Waals surface area contributed by atoms with E-state index in [1.807, 2.05) is 0 Å². The molecule has 4 rings (SSSR count). The minimum Gasteiger partial charge on any atom is -0.348 e. The third kappa shape index (κ3) is 3.49. The molecule has 1 aliphatic rings. The van der Waals surface area contributed by atoms with Crippen LogP contribution in [0.25, 0.3) is 11.2 Å². The lowest BCUT2D eigenvalue weighted by molar-refractivity contribution is -0.138. The van der Waals surface area contributed by atoms with Crippen molar-refractivity contribution in [3.05, 3.63) is 64.1 Å². The maximum atomic E-state index is 13.2. The molecule has 0 unspecified atom stereocenters. The van der Waals surface area contributed by atoms with Crippen LogP contribution >= 0.6 is 0 Å². The number of piperazine rings is 1. The second-order valence-electron chi connectivity index (χ2n) is 6.97. The normalized spacial score (nSPS) is 14.9. The molecule has 1 saturated heterocycles. The fourth-order valence-electron chi connectivity index (χ4n) is 3.56. The minimum atomic E-state index is -4.61. The molecule has 1 aromatic carbocycles. The van der Waals surface area contributed by atoms with Gasteiger partial charge in [-0.2, -0.15) is 13.2 Å². The molecule has 0 atom stereocenters. The van der Waals surface area contributed by atoms with E-state index in [1.165, 1.54) is 27.7 Å². The van der Waals surface area contributed by atoms with Crippen LogP contribution in [-0.4, -0.2) is 51.5 Å². The Labute approximate surface area is 169 Å². The number of amides is 1. The monoisotopic (exact) mass is 417 g/mol. The summed E-state index contributed by atoms with van der Waals surface area (Å²) in [5, 5.41) is 0. The van der Waals surface area contributed by atoms with Gasteiger partial charge in [0, 0.05) is 39.4 Å². The number of nitrogens with zero attached hydrogens (tertiary/aromatic N) is 5. The van der Waals surface area contributed by atoms with Gasteiger partial charge in [-0.1, -0.05) is 12.1 Å². The molecule has 0 N–H and O–H groups in total. The number of pyridine rings is 1. The fraction of sp³-hybridized carbons (Fsp3) is 0.300. The lowest BCUT2D eigenvalue weighted by Crippen LogP contribution is -2.50. The number of alkyl halides is 3. The van der Waals surface area contributed by atoms with Gasteiger partial charge in [0.25, 0.3) is 11.5 Å². The zero-order valence-corrected chi connectivity index (χ0v) is 16.1. The van der Waals surface area contributed by atoms with E-state index in [1.54, 1.807) is 30.3 Å². The van der Waals surface area contributed by atoms with Crippen molar-refractivity contribution in [3.8, 4) is 0 Å². The summed E-state index contributed by atoms with van der Waals surface area (Å²) in [4.78, 5) is 37.1. The molecule has 3 aromatic rings. The lowest BCUT2D eigenvalue weighted by atomic mass is 10.1. The van der Waals surface area contributed by atoms with Crippen molar-refractivity contribution in [3.63, 3.8) is 0 Å². The Morgan fingerprint density at radius 3 is 2.43 bits per heavy atom. The number of aryl methyl sites for hydroxylation is 1. The van der Waals surface area contributed by atoms with Crippen LogP contribution in [0.2, 0.25) is 0 Å². The second-order valence-corrected chi connectivity index (χ2v) is 6.97. The summed E-state index contributed by atoms with van der Waals surface area (Å²) in [5.74, 6) is -0.438. The molecule has 3 heterocycles. The van der Waals surface area contributed by atoms with Gasteiger partial charge in [0.1, 0.15) is 5.52 Å². The molecule has 0 spiro atoms. The van der Waals surface area contributed by atoms with E-state index < -0.39 is 17.6 Å². The molecule has 0 bridgehead atoms. The van der Waals surface area contributed by atoms with E-state index in [2.05, 4.69) is 9.97 Å². The summed E-state index contributed by atoms with van der Waals surface area (Å²) >= 11 is 0. The number of carbonyl (C=O) groups excluding carboxylic acids is 1. The first-order valence-corrected chi connectivity index (χ1v) is 9.29. The smallest absolute Gasteiger partial charge is 0.348 e. The summed E-state index contributed by atoms with van der Waals surface area (Å²) < 4.78 is 41.1. The zero-order valence-electron chi connectivity index (χ0n) is 16.1. The van der Waals surface area contributed by atoms with E-state index in [0.29, 0.717) is 11.2 Å². The average molecular weight is 417 g/mol. The zero-order chi connectivity index (χ0) is 21.5. The Balaban J connectivity index is 1.56. The molecule has 0 radical (unpaired) electrons. The number of hydrogen-bond donors (Lipinski definition) is 0. The van der Waals surface area contributed by atoms with Gasteiger partial charge < -0.3 is 9.80 Å². The minimum absolute atomic E-state index is 0.181.